The lowest BCUT2D eigenvalue weighted by atomic mass is 10.2. The summed E-state index contributed by atoms with van der Waals surface area (Å²) in [5.41, 5.74) is 1.25. The Morgan fingerprint density at radius 3 is 2.47 bits per heavy atom. The summed E-state index contributed by atoms with van der Waals surface area (Å²) in [5.74, 6) is 1.70. The average Bonchev–Trinajstić information content (AvgIpc) is 2.17. The fourth-order valence-electron chi connectivity index (χ4n) is 1.14. The monoisotopic (exact) mass is 246 g/mol. The van der Waals surface area contributed by atoms with Crippen molar-refractivity contribution in [1.82, 2.24) is 0 Å². The lowest BCUT2D eigenvalue weighted by Crippen LogP contribution is -1.90. The summed E-state index contributed by atoms with van der Waals surface area (Å²) in [6.45, 7) is 0. The van der Waals surface area contributed by atoms with Crippen molar-refractivity contribution in [1.29, 1.82) is 0 Å². The third-order valence-corrected chi connectivity index (χ3v) is 3.86. The average molecular weight is 246 g/mol. The van der Waals surface area contributed by atoms with Gasteiger partial charge in [-0.05, 0) is 17.7 Å². The largest absolute Gasteiger partial charge is 0.325 e. The Morgan fingerprint density at radius 2 is 1.87 bits per heavy atom. The molecule has 0 aliphatic heterocycles. The molecule has 1 aromatic carbocycles. The molecule has 5 heteroatoms. The Balaban J connectivity index is 2.10. The minimum atomic E-state index is -3.79. The summed E-state index contributed by atoms with van der Waals surface area (Å²) >= 11 is 1.70. The van der Waals surface area contributed by atoms with Crippen LogP contribution in [-0.4, -0.2) is 21.7 Å². The summed E-state index contributed by atoms with van der Waals surface area (Å²) in [4.78, 5) is 17.3. The van der Waals surface area contributed by atoms with E-state index in [1.807, 2.05) is 18.2 Å². The third-order valence-electron chi connectivity index (χ3n) is 1.85. The van der Waals surface area contributed by atoms with Crippen LogP contribution < -0.4 is 0 Å². The van der Waals surface area contributed by atoms with Gasteiger partial charge in [-0.25, -0.2) is 0 Å². The molecule has 0 aliphatic carbocycles. The Kier molecular flexibility index (Phi) is 5.40. The molecule has 0 fully saturated rings. The number of hydrogen-bond donors (Lipinski definition) is 2. The van der Waals surface area contributed by atoms with Gasteiger partial charge >= 0.3 is 7.60 Å². The standard InChI is InChI=1S/C10H15O3PS/c11-14(12,13)7-4-8-15-9-10-5-2-1-3-6-10/h1-3,5-6H,4,7-9H2,(H2,11,12,13). The van der Waals surface area contributed by atoms with E-state index in [1.54, 1.807) is 11.8 Å². The molecule has 0 aliphatic rings. The zero-order chi connectivity index (χ0) is 11.1. The molecule has 0 heterocycles. The van der Waals surface area contributed by atoms with E-state index in [0.29, 0.717) is 6.42 Å². The van der Waals surface area contributed by atoms with Crippen LogP contribution in [0.2, 0.25) is 0 Å². The van der Waals surface area contributed by atoms with E-state index in [0.717, 1.165) is 11.5 Å². The van der Waals surface area contributed by atoms with Crippen LogP contribution in [0, 0.1) is 0 Å². The number of hydrogen-bond acceptors (Lipinski definition) is 2. The van der Waals surface area contributed by atoms with Gasteiger partial charge < -0.3 is 9.79 Å². The third kappa shape index (κ3) is 6.74. The summed E-state index contributed by atoms with van der Waals surface area (Å²) in [5, 5.41) is 0. The minimum Gasteiger partial charge on any atom is -0.324 e. The first-order valence-electron chi connectivity index (χ1n) is 4.74. The maximum Gasteiger partial charge on any atom is 0.325 e. The predicted octanol–water partition coefficient (Wildman–Crippen LogP) is 2.49. The minimum absolute atomic E-state index is 0.00517. The molecule has 1 aromatic rings. The highest BCUT2D eigenvalue weighted by Crippen LogP contribution is 2.35. The highest BCUT2D eigenvalue weighted by atomic mass is 32.2. The lowest BCUT2D eigenvalue weighted by Gasteiger charge is -2.03. The summed E-state index contributed by atoms with van der Waals surface area (Å²) < 4.78 is 10.5. The molecular formula is C10H15O3PS. The summed E-state index contributed by atoms with van der Waals surface area (Å²) in [6, 6.07) is 10.1. The van der Waals surface area contributed by atoms with Crippen LogP contribution >= 0.6 is 19.4 Å². The number of benzene rings is 1. The van der Waals surface area contributed by atoms with E-state index in [4.69, 9.17) is 9.79 Å². The van der Waals surface area contributed by atoms with Gasteiger partial charge in [-0.15, -0.1) is 0 Å². The van der Waals surface area contributed by atoms with Crippen molar-refractivity contribution in [2.75, 3.05) is 11.9 Å². The molecule has 0 radical (unpaired) electrons. The first-order valence-corrected chi connectivity index (χ1v) is 7.69. The van der Waals surface area contributed by atoms with Crippen LogP contribution in [0.5, 0.6) is 0 Å². The molecule has 84 valence electrons. The zero-order valence-electron chi connectivity index (χ0n) is 8.37. The molecular weight excluding hydrogens is 231 g/mol. The van der Waals surface area contributed by atoms with Gasteiger partial charge in [-0.3, -0.25) is 4.57 Å². The van der Waals surface area contributed by atoms with Gasteiger partial charge in [-0.2, -0.15) is 11.8 Å². The van der Waals surface area contributed by atoms with Crippen molar-refractivity contribution in [2.24, 2.45) is 0 Å². The van der Waals surface area contributed by atoms with E-state index in [1.165, 1.54) is 5.56 Å². The van der Waals surface area contributed by atoms with Crippen LogP contribution in [0.25, 0.3) is 0 Å². The Labute approximate surface area is 94.1 Å². The highest BCUT2D eigenvalue weighted by Gasteiger charge is 2.10. The SMILES string of the molecule is O=P(O)(O)CCCSCc1ccccc1. The van der Waals surface area contributed by atoms with Crippen molar-refractivity contribution in [3.8, 4) is 0 Å². The second kappa shape index (κ2) is 6.33. The first kappa shape index (κ1) is 12.8. The van der Waals surface area contributed by atoms with Crippen LogP contribution in [0.3, 0.4) is 0 Å². The summed E-state index contributed by atoms with van der Waals surface area (Å²) in [7, 11) is -3.79. The molecule has 1 rings (SSSR count). The summed E-state index contributed by atoms with van der Waals surface area (Å²) in [6.07, 6.45) is 0.566. The second-order valence-corrected chi connectivity index (χ2v) is 6.16. The van der Waals surface area contributed by atoms with Crippen molar-refractivity contribution in [3.05, 3.63) is 35.9 Å². The van der Waals surface area contributed by atoms with Crippen molar-refractivity contribution < 1.29 is 14.4 Å². The Bertz CT molecular complexity index is 323. The van der Waals surface area contributed by atoms with Gasteiger partial charge in [0, 0.05) is 5.75 Å². The van der Waals surface area contributed by atoms with Crippen LogP contribution in [-0.2, 0) is 10.3 Å². The van der Waals surface area contributed by atoms with E-state index in [9.17, 15) is 4.57 Å². The fraction of sp³-hybridized carbons (Fsp3) is 0.400. The van der Waals surface area contributed by atoms with Crippen molar-refractivity contribution in [2.45, 2.75) is 12.2 Å². The maximum absolute atomic E-state index is 10.5. The quantitative estimate of drug-likeness (QED) is 0.598. The molecule has 15 heavy (non-hydrogen) atoms. The van der Waals surface area contributed by atoms with Gasteiger partial charge in [0.2, 0.25) is 0 Å². The van der Waals surface area contributed by atoms with E-state index in [-0.39, 0.29) is 6.16 Å². The molecule has 0 atom stereocenters. The smallest absolute Gasteiger partial charge is 0.324 e. The van der Waals surface area contributed by atoms with Gasteiger partial charge in [-0.1, -0.05) is 30.3 Å². The maximum atomic E-state index is 10.5. The van der Waals surface area contributed by atoms with Crippen molar-refractivity contribution >= 4 is 19.4 Å². The Morgan fingerprint density at radius 1 is 1.20 bits per heavy atom. The van der Waals surface area contributed by atoms with Crippen LogP contribution in [0.4, 0.5) is 0 Å². The van der Waals surface area contributed by atoms with Crippen LogP contribution in [0.15, 0.2) is 30.3 Å². The van der Waals surface area contributed by atoms with E-state index < -0.39 is 7.60 Å². The first-order chi connectivity index (χ1) is 7.08. The predicted molar refractivity (Wildman–Crippen MR) is 64.1 cm³/mol. The molecule has 3 nitrogen and oxygen atoms in total. The van der Waals surface area contributed by atoms with Gasteiger partial charge in [0.1, 0.15) is 0 Å². The van der Waals surface area contributed by atoms with Crippen LogP contribution in [0.1, 0.15) is 12.0 Å². The molecule has 0 aromatic heterocycles. The van der Waals surface area contributed by atoms with Gasteiger partial charge in [0.25, 0.3) is 0 Å². The van der Waals surface area contributed by atoms with Gasteiger partial charge in [0.15, 0.2) is 0 Å². The lowest BCUT2D eigenvalue weighted by molar-refractivity contribution is 0.372. The molecule has 2 N–H and O–H groups in total. The normalized spacial score (nSPS) is 11.6. The molecule has 0 saturated heterocycles. The van der Waals surface area contributed by atoms with E-state index in [2.05, 4.69) is 12.1 Å². The topological polar surface area (TPSA) is 57.5 Å². The fourth-order valence-corrected chi connectivity index (χ4v) is 2.84. The Hall–Kier alpha value is -0.280. The molecule has 0 bridgehead atoms. The molecule has 0 saturated carbocycles. The second-order valence-electron chi connectivity index (χ2n) is 3.28. The van der Waals surface area contributed by atoms with Gasteiger partial charge in [0.05, 0.1) is 6.16 Å². The molecule has 0 unspecified atom stereocenters. The van der Waals surface area contributed by atoms with Crippen molar-refractivity contribution in [3.63, 3.8) is 0 Å². The molecule has 0 amide bonds. The van der Waals surface area contributed by atoms with E-state index >= 15 is 0 Å². The zero-order valence-corrected chi connectivity index (χ0v) is 10.1. The number of thioether (sulfide) groups is 1. The highest BCUT2D eigenvalue weighted by molar-refractivity contribution is 7.98. The molecule has 0 spiro atoms. The number of rotatable bonds is 6.